The highest BCUT2D eigenvalue weighted by Gasteiger charge is 2.40. The van der Waals surface area contributed by atoms with E-state index >= 15 is 0 Å². The van der Waals surface area contributed by atoms with Crippen molar-refractivity contribution in [3.63, 3.8) is 0 Å². The largest absolute Gasteiger partial charge is 0.497 e. The zero-order valence-corrected chi connectivity index (χ0v) is 20.8. The Labute approximate surface area is 210 Å². The normalized spacial score (nSPS) is 19.0. The molecular formula is C27H32N4O5. The summed E-state index contributed by atoms with van der Waals surface area (Å²) in [4.78, 5) is 45.4. The minimum atomic E-state index is -0.349. The number of nitrogens with zero attached hydrogens (tertiary/aromatic N) is 3. The van der Waals surface area contributed by atoms with Crippen LogP contribution < -0.4 is 24.6 Å². The predicted octanol–water partition coefficient (Wildman–Crippen LogP) is 3.28. The van der Waals surface area contributed by atoms with E-state index in [1.165, 1.54) is 12.0 Å². The Balaban J connectivity index is 1.44. The third kappa shape index (κ3) is 4.45. The van der Waals surface area contributed by atoms with Crippen molar-refractivity contribution in [2.45, 2.75) is 38.1 Å². The summed E-state index contributed by atoms with van der Waals surface area (Å²) in [5.41, 5.74) is 2.54. The van der Waals surface area contributed by atoms with Gasteiger partial charge < -0.3 is 24.6 Å². The predicted molar refractivity (Wildman–Crippen MR) is 137 cm³/mol. The number of fused-ring (bicyclic) bond motifs is 3. The minimum absolute atomic E-state index is 0.0316. The van der Waals surface area contributed by atoms with Gasteiger partial charge in [0, 0.05) is 31.3 Å². The fourth-order valence-electron chi connectivity index (χ4n) is 5.39. The van der Waals surface area contributed by atoms with Crippen LogP contribution in [0.15, 0.2) is 36.4 Å². The lowest BCUT2D eigenvalue weighted by Crippen LogP contribution is -2.56. The average Bonchev–Trinajstić information content (AvgIpc) is 3.45. The number of carbonyl (C=O) groups excluding carboxylic acids is 3. The molecule has 1 atom stereocenters. The number of anilines is 3. The van der Waals surface area contributed by atoms with Crippen molar-refractivity contribution in [1.29, 1.82) is 0 Å². The molecule has 1 unspecified atom stereocenters. The SMILES string of the molecule is COc1ccc(NC(=O)CN2C(=O)C3CCCCN3c3ccc(C(=O)N4CCCC4)cc32)c(OC)c1. The number of nitrogens with one attached hydrogen (secondary N) is 1. The maximum Gasteiger partial charge on any atom is 0.253 e. The molecule has 1 N–H and O–H groups in total. The van der Waals surface area contributed by atoms with Crippen LogP contribution in [0.25, 0.3) is 0 Å². The second-order valence-corrected chi connectivity index (χ2v) is 9.45. The molecule has 3 heterocycles. The molecule has 0 saturated carbocycles. The molecule has 0 spiro atoms. The average molecular weight is 493 g/mol. The van der Waals surface area contributed by atoms with Crippen LogP contribution in [-0.4, -0.2) is 69.1 Å². The van der Waals surface area contributed by atoms with Crippen LogP contribution in [0.5, 0.6) is 11.5 Å². The summed E-state index contributed by atoms with van der Waals surface area (Å²) >= 11 is 0. The summed E-state index contributed by atoms with van der Waals surface area (Å²) in [7, 11) is 3.08. The van der Waals surface area contributed by atoms with E-state index in [-0.39, 0.29) is 30.3 Å². The number of hydrogen-bond acceptors (Lipinski definition) is 6. The van der Waals surface area contributed by atoms with Gasteiger partial charge in [0.2, 0.25) is 11.8 Å². The van der Waals surface area contributed by atoms with Gasteiger partial charge in [-0.25, -0.2) is 0 Å². The first-order valence-electron chi connectivity index (χ1n) is 12.5. The van der Waals surface area contributed by atoms with Crippen LogP contribution >= 0.6 is 0 Å². The first kappa shape index (κ1) is 24.0. The maximum atomic E-state index is 13.6. The number of ether oxygens (including phenoxy) is 2. The number of piperidine rings is 1. The van der Waals surface area contributed by atoms with E-state index in [2.05, 4.69) is 10.2 Å². The van der Waals surface area contributed by atoms with Crippen LogP contribution in [0.4, 0.5) is 17.1 Å². The second-order valence-electron chi connectivity index (χ2n) is 9.45. The standard InChI is InChI=1S/C27H32N4O5/c1-35-19-9-10-20(24(16-19)36-2)28-25(32)17-31-23-15-18(26(33)29-12-5-6-13-29)8-11-21(23)30-14-4-3-7-22(30)27(31)34/h8-11,15-16,22H,3-7,12-14,17H2,1-2H3,(H,28,32). The molecule has 36 heavy (non-hydrogen) atoms. The smallest absolute Gasteiger partial charge is 0.253 e. The monoisotopic (exact) mass is 492 g/mol. The molecule has 0 radical (unpaired) electrons. The summed E-state index contributed by atoms with van der Waals surface area (Å²) in [6.45, 7) is 2.12. The van der Waals surface area contributed by atoms with Crippen molar-refractivity contribution in [1.82, 2.24) is 4.90 Å². The van der Waals surface area contributed by atoms with Gasteiger partial charge in [0.25, 0.3) is 5.91 Å². The van der Waals surface area contributed by atoms with Crippen LogP contribution in [0.2, 0.25) is 0 Å². The Morgan fingerprint density at radius 3 is 2.47 bits per heavy atom. The molecule has 2 saturated heterocycles. The topological polar surface area (TPSA) is 91.4 Å². The molecule has 2 aromatic rings. The number of likely N-dealkylation sites (tertiary alicyclic amines) is 1. The molecular weight excluding hydrogens is 460 g/mol. The number of hydrogen-bond donors (Lipinski definition) is 1. The first-order chi connectivity index (χ1) is 17.5. The van der Waals surface area contributed by atoms with Crippen molar-refractivity contribution < 1.29 is 23.9 Å². The zero-order chi connectivity index (χ0) is 25.2. The van der Waals surface area contributed by atoms with Crippen LogP contribution in [0, 0.1) is 0 Å². The van der Waals surface area contributed by atoms with Gasteiger partial charge in [-0.1, -0.05) is 0 Å². The molecule has 3 aliphatic rings. The fourth-order valence-corrected chi connectivity index (χ4v) is 5.39. The van der Waals surface area contributed by atoms with Gasteiger partial charge >= 0.3 is 0 Å². The third-order valence-corrected chi connectivity index (χ3v) is 7.25. The highest BCUT2D eigenvalue weighted by atomic mass is 16.5. The van der Waals surface area contributed by atoms with Gasteiger partial charge in [0.15, 0.2) is 0 Å². The fraction of sp³-hybridized carbons (Fsp3) is 0.444. The molecule has 3 amide bonds. The minimum Gasteiger partial charge on any atom is -0.497 e. The van der Waals surface area contributed by atoms with Crippen molar-refractivity contribution in [2.24, 2.45) is 0 Å². The Bertz CT molecular complexity index is 1180. The lowest BCUT2D eigenvalue weighted by Gasteiger charge is -2.45. The van der Waals surface area contributed by atoms with E-state index < -0.39 is 0 Å². The Morgan fingerprint density at radius 2 is 1.72 bits per heavy atom. The van der Waals surface area contributed by atoms with E-state index in [1.54, 1.807) is 31.4 Å². The van der Waals surface area contributed by atoms with Crippen molar-refractivity contribution in [2.75, 3.05) is 55.5 Å². The summed E-state index contributed by atoms with van der Waals surface area (Å²) < 4.78 is 10.6. The molecule has 0 aliphatic carbocycles. The molecule has 0 bridgehead atoms. The molecule has 2 aromatic carbocycles. The van der Waals surface area contributed by atoms with E-state index in [4.69, 9.17) is 9.47 Å². The van der Waals surface area contributed by atoms with E-state index in [0.29, 0.717) is 28.4 Å². The molecule has 3 aliphatic heterocycles. The summed E-state index contributed by atoms with van der Waals surface area (Å²) in [5, 5.41) is 2.86. The maximum absolute atomic E-state index is 13.6. The molecule has 2 fully saturated rings. The van der Waals surface area contributed by atoms with Crippen molar-refractivity contribution in [3.05, 3.63) is 42.0 Å². The Kier molecular flexibility index (Phi) is 6.71. The number of amides is 3. The first-order valence-corrected chi connectivity index (χ1v) is 12.5. The molecule has 9 nitrogen and oxygen atoms in total. The summed E-state index contributed by atoms with van der Waals surface area (Å²) in [6, 6.07) is 10.4. The van der Waals surface area contributed by atoms with Gasteiger partial charge in [-0.15, -0.1) is 0 Å². The van der Waals surface area contributed by atoms with Crippen LogP contribution in [-0.2, 0) is 9.59 Å². The van der Waals surface area contributed by atoms with Gasteiger partial charge in [-0.05, 0) is 62.4 Å². The van der Waals surface area contributed by atoms with Crippen molar-refractivity contribution >= 4 is 34.8 Å². The highest BCUT2D eigenvalue weighted by molar-refractivity contribution is 6.11. The number of rotatable bonds is 6. The molecule has 9 heteroatoms. The van der Waals surface area contributed by atoms with Gasteiger partial charge in [-0.2, -0.15) is 0 Å². The summed E-state index contributed by atoms with van der Waals surface area (Å²) in [6.07, 6.45) is 4.74. The quantitative estimate of drug-likeness (QED) is 0.666. The lowest BCUT2D eigenvalue weighted by atomic mass is 9.95. The molecule has 5 rings (SSSR count). The van der Waals surface area contributed by atoms with Gasteiger partial charge in [0.1, 0.15) is 24.1 Å². The number of carbonyl (C=O) groups is 3. The third-order valence-electron chi connectivity index (χ3n) is 7.25. The molecule has 0 aromatic heterocycles. The summed E-state index contributed by atoms with van der Waals surface area (Å²) in [5.74, 6) is 0.585. The zero-order valence-electron chi connectivity index (χ0n) is 20.8. The number of benzene rings is 2. The van der Waals surface area contributed by atoms with Crippen LogP contribution in [0.1, 0.15) is 42.5 Å². The number of methoxy groups -OCH3 is 2. The van der Waals surface area contributed by atoms with Gasteiger partial charge in [-0.3, -0.25) is 19.3 Å². The Hall–Kier alpha value is -3.75. The van der Waals surface area contributed by atoms with E-state index in [0.717, 1.165) is 57.4 Å². The lowest BCUT2D eigenvalue weighted by molar-refractivity contribution is -0.123. The second kappa shape index (κ2) is 10.1. The van der Waals surface area contributed by atoms with E-state index in [9.17, 15) is 14.4 Å². The highest BCUT2D eigenvalue weighted by Crippen LogP contribution is 2.40. The van der Waals surface area contributed by atoms with Crippen LogP contribution in [0.3, 0.4) is 0 Å². The van der Waals surface area contributed by atoms with Crippen molar-refractivity contribution in [3.8, 4) is 11.5 Å². The van der Waals surface area contributed by atoms with E-state index in [1.807, 2.05) is 17.0 Å². The Morgan fingerprint density at radius 1 is 0.944 bits per heavy atom. The van der Waals surface area contributed by atoms with Gasteiger partial charge in [0.05, 0.1) is 31.3 Å². The molecule has 190 valence electrons.